The van der Waals surface area contributed by atoms with Gasteiger partial charge < -0.3 is 10.1 Å². The quantitative estimate of drug-likeness (QED) is 0.907. The monoisotopic (exact) mass is 259 g/mol. The lowest BCUT2D eigenvalue weighted by Gasteiger charge is -2.18. The molecular formula is C13H17N5O. The van der Waals surface area contributed by atoms with Gasteiger partial charge in [-0.2, -0.15) is 5.10 Å². The van der Waals surface area contributed by atoms with Crippen LogP contribution >= 0.6 is 0 Å². The van der Waals surface area contributed by atoms with Gasteiger partial charge in [-0.1, -0.05) is 0 Å². The maximum Gasteiger partial charge on any atom is 0.178 e. The molecular weight excluding hydrogens is 242 g/mol. The minimum absolute atomic E-state index is 0.425. The summed E-state index contributed by atoms with van der Waals surface area (Å²) >= 11 is 0. The van der Waals surface area contributed by atoms with Gasteiger partial charge in [0.1, 0.15) is 12.7 Å². The third-order valence-electron chi connectivity index (χ3n) is 3.23. The van der Waals surface area contributed by atoms with Crippen molar-refractivity contribution in [3.05, 3.63) is 31.0 Å². The molecule has 1 aliphatic rings. The van der Waals surface area contributed by atoms with Crippen molar-refractivity contribution in [2.45, 2.75) is 25.3 Å². The summed E-state index contributed by atoms with van der Waals surface area (Å²) in [7, 11) is 0. The number of hydrogen-bond donors (Lipinski definition) is 1. The Hall–Kier alpha value is -1.95. The first-order chi connectivity index (χ1) is 9.43. The van der Waals surface area contributed by atoms with Crippen molar-refractivity contribution < 1.29 is 4.74 Å². The van der Waals surface area contributed by atoms with Crippen LogP contribution in [0.4, 0.5) is 5.69 Å². The Labute approximate surface area is 111 Å². The molecule has 2 aromatic rings. The third-order valence-corrected chi connectivity index (χ3v) is 3.23. The topological polar surface area (TPSA) is 64.9 Å². The van der Waals surface area contributed by atoms with Gasteiger partial charge in [-0.05, 0) is 31.4 Å². The van der Waals surface area contributed by atoms with Gasteiger partial charge in [0.2, 0.25) is 0 Å². The second-order valence-corrected chi connectivity index (χ2v) is 4.60. The summed E-state index contributed by atoms with van der Waals surface area (Å²) in [5, 5.41) is 7.68. The number of rotatable bonds is 3. The molecule has 1 atom stereocenters. The first kappa shape index (κ1) is 12.1. The number of hydrogen-bond acceptors (Lipinski definition) is 5. The number of aromatic nitrogens is 4. The molecule has 0 amide bonds. The zero-order chi connectivity index (χ0) is 12.9. The molecule has 100 valence electrons. The summed E-state index contributed by atoms with van der Waals surface area (Å²) in [6.07, 6.45) is 8.16. The zero-order valence-electron chi connectivity index (χ0n) is 10.7. The van der Waals surface area contributed by atoms with Gasteiger partial charge in [0.05, 0.1) is 5.69 Å². The van der Waals surface area contributed by atoms with Crippen molar-refractivity contribution in [3.8, 4) is 5.82 Å². The minimum Gasteiger partial charge on any atom is -0.381 e. The molecule has 2 aromatic heterocycles. The van der Waals surface area contributed by atoms with E-state index in [0.717, 1.165) is 44.0 Å². The lowest BCUT2D eigenvalue weighted by molar-refractivity contribution is 0.144. The molecule has 1 aliphatic heterocycles. The molecule has 0 spiro atoms. The molecule has 1 saturated heterocycles. The molecule has 0 aliphatic carbocycles. The molecule has 3 rings (SSSR count). The van der Waals surface area contributed by atoms with Crippen molar-refractivity contribution in [1.29, 1.82) is 0 Å². The highest BCUT2D eigenvalue weighted by Crippen LogP contribution is 2.20. The van der Waals surface area contributed by atoms with E-state index in [2.05, 4.69) is 20.4 Å². The molecule has 0 radical (unpaired) electrons. The van der Waals surface area contributed by atoms with E-state index in [1.165, 1.54) is 6.33 Å². The Balaban J connectivity index is 1.80. The van der Waals surface area contributed by atoms with E-state index in [4.69, 9.17) is 4.74 Å². The molecule has 6 heteroatoms. The van der Waals surface area contributed by atoms with Crippen LogP contribution < -0.4 is 5.32 Å². The lowest BCUT2D eigenvalue weighted by Crippen LogP contribution is -2.21. The highest BCUT2D eigenvalue weighted by Gasteiger charge is 2.14. The lowest BCUT2D eigenvalue weighted by atomic mass is 10.1. The van der Waals surface area contributed by atoms with Gasteiger partial charge in [-0.15, -0.1) is 0 Å². The van der Waals surface area contributed by atoms with E-state index in [9.17, 15) is 0 Å². The van der Waals surface area contributed by atoms with Crippen molar-refractivity contribution in [2.24, 2.45) is 0 Å². The predicted octanol–water partition coefficient (Wildman–Crippen LogP) is 1.64. The second-order valence-electron chi connectivity index (χ2n) is 4.60. The molecule has 1 fully saturated rings. The van der Waals surface area contributed by atoms with Crippen molar-refractivity contribution in [3.63, 3.8) is 0 Å². The molecule has 6 nitrogen and oxygen atoms in total. The summed E-state index contributed by atoms with van der Waals surface area (Å²) in [6.45, 7) is 1.68. The molecule has 19 heavy (non-hydrogen) atoms. The van der Waals surface area contributed by atoms with Crippen LogP contribution in [0.25, 0.3) is 5.82 Å². The van der Waals surface area contributed by atoms with Crippen LogP contribution in [0.15, 0.2) is 31.0 Å². The van der Waals surface area contributed by atoms with Crippen LogP contribution in [-0.2, 0) is 4.74 Å². The SMILES string of the molecule is c1cnc(-n2cncn2)c(NC2CCCOCC2)c1. The molecule has 1 N–H and O–H groups in total. The largest absolute Gasteiger partial charge is 0.381 e. The van der Waals surface area contributed by atoms with E-state index in [1.54, 1.807) is 17.2 Å². The van der Waals surface area contributed by atoms with E-state index >= 15 is 0 Å². The van der Waals surface area contributed by atoms with Crippen LogP contribution in [0.1, 0.15) is 19.3 Å². The Kier molecular flexibility index (Phi) is 3.69. The average Bonchev–Trinajstić information content (AvgIpc) is 2.85. The van der Waals surface area contributed by atoms with Gasteiger partial charge in [0.25, 0.3) is 0 Å². The molecule has 0 saturated carbocycles. The van der Waals surface area contributed by atoms with E-state index < -0.39 is 0 Å². The summed E-state index contributed by atoms with van der Waals surface area (Å²) < 4.78 is 7.16. The Morgan fingerprint density at radius 1 is 1.32 bits per heavy atom. The number of pyridine rings is 1. The van der Waals surface area contributed by atoms with Gasteiger partial charge >= 0.3 is 0 Å². The Bertz CT molecular complexity index is 506. The van der Waals surface area contributed by atoms with Gasteiger partial charge in [-0.25, -0.2) is 14.6 Å². The Morgan fingerprint density at radius 3 is 3.21 bits per heavy atom. The Morgan fingerprint density at radius 2 is 2.32 bits per heavy atom. The van der Waals surface area contributed by atoms with Crippen LogP contribution in [-0.4, -0.2) is 39.0 Å². The van der Waals surface area contributed by atoms with Crippen LogP contribution in [0, 0.1) is 0 Å². The van der Waals surface area contributed by atoms with E-state index in [1.807, 2.05) is 12.1 Å². The summed E-state index contributed by atoms with van der Waals surface area (Å²) in [6, 6.07) is 4.38. The number of nitrogens with zero attached hydrogens (tertiary/aromatic N) is 4. The fourth-order valence-corrected chi connectivity index (χ4v) is 2.28. The van der Waals surface area contributed by atoms with Crippen molar-refractivity contribution in [2.75, 3.05) is 18.5 Å². The summed E-state index contributed by atoms with van der Waals surface area (Å²) in [5.41, 5.74) is 0.986. The maximum atomic E-state index is 5.48. The summed E-state index contributed by atoms with van der Waals surface area (Å²) in [4.78, 5) is 8.34. The number of ether oxygens (including phenoxy) is 1. The third kappa shape index (κ3) is 2.90. The van der Waals surface area contributed by atoms with E-state index in [0.29, 0.717) is 6.04 Å². The van der Waals surface area contributed by atoms with Gasteiger partial charge in [0, 0.05) is 25.5 Å². The molecule has 1 unspecified atom stereocenters. The normalized spacial score (nSPS) is 19.9. The van der Waals surface area contributed by atoms with Gasteiger partial charge in [0.15, 0.2) is 5.82 Å². The van der Waals surface area contributed by atoms with Crippen molar-refractivity contribution >= 4 is 5.69 Å². The minimum atomic E-state index is 0.425. The number of anilines is 1. The first-order valence-corrected chi connectivity index (χ1v) is 6.58. The van der Waals surface area contributed by atoms with Gasteiger partial charge in [-0.3, -0.25) is 0 Å². The number of nitrogens with one attached hydrogen (secondary N) is 1. The maximum absolute atomic E-state index is 5.48. The van der Waals surface area contributed by atoms with Crippen LogP contribution in [0.3, 0.4) is 0 Å². The summed E-state index contributed by atoms with van der Waals surface area (Å²) in [5.74, 6) is 0.783. The molecule has 0 aromatic carbocycles. The smallest absolute Gasteiger partial charge is 0.178 e. The average molecular weight is 259 g/mol. The van der Waals surface area contributed by atoms with Crippen LogP contribution in [0.5, 0.6) is 0 Å². The standard InChI is InChI=1S/C13H17N5O/c1-4-12(17-11-3-2-7-19-8-5-11)13(15-6-1)18-10-14-9-16-18/h1,4,6,9-11,17H,2-3,5,7-8H2. The predicted molar refractivity (Wildman–Crippen MR) is 71.2 cm³/mol. The van der Waals surface area contributed by atoms with Crippen LogP contribution in [0.2, 0.25) is 0 Å². The van der Waals surface area contributed by atoms with Crippen molar-refractivity contribution in [1.82, 2.24) is 19.7 Å². The molecule has 0 bridgehead atoms. The molecule has 3 heterocycles. The van der Waals surface area contributed by atoms with E-state index in [-0.39, 0.29) is 0 Å². The second kappa shape index (κ2) is 5.79. The highest BCUT2D eigenvalue weighted by molar-refractivity contribution is 5.56. The fourth-order valence-electron chi connectivity index (χ4n) is 2.28. The zero-order valence-corrected chi connectivity index (χ0v) is 10.7. The highest BCUT2D eigenvalue weighted by atomic mass is 16.5. The fraction of sp³-hybridized carbons (Fsp3) is 0.462. The first-order valence-electron chi connectivity index (χ1n) is 6.58.